The third kappa shape index (κ3) is 3.66. The zero-order valence-electron chi connectivity index (χ0n) is 12.3. The number of likely N-dealkylation sites (N-methyl/N-ethyl adjacent to an activating group) is 1. The molecule has 1 amide bonds. The average Bonchev–Trinajstić information content (AvgIpc) is 2.52. The summed E-state index contributed by atoms with van der Waals surface area (Å²) in [6, 6.07) is 1.74. The Morgan fingerprint density at radius 2 is 2.00 bits per heavy atom. The first-order chi connectivity index (χ1) is 9.74. The summed E-state index contributed by atoms with van der Waals surface area (Å²) in [5.74, 6) is 0.722. The molecule has 0 bridgehead atoms. The van der Waals surface area contributed by atoms with E-state index in [0.717, 1.165) is 51.5 Å². The average molecular weight is 277 g/mol. The van der Waals surface area contributed by atoms with Gasteiger partial charge in [0.15, 0.2) is 0 Å². The summed E-state index contributed by atoms with van der Waals surface area (Å²) < 4.78 is 0. The van der Waals surface area contributed by atoms with E-state index in [9.17, 15) is 4.79 Å². The molecule has 1 N–H and O–H groups in total. The molecule has 0 aliphatic carbocycles. The minimum Gasteiger partial charge on any atom is -0.370 e. The lowest BCUT2D eigenvalue weighted by atomic mass is 10.2. The van der Waals surface area contributed by atoms with Crippen LogP contribution in [-0.2, 0) is 0 Å². The molecule has 1 aliphatic heterocycles. The van der Waals surface area contributed by atoms with Gasteiger partial charge in [-0.3, -0.25) is 4.79 Å². The van der Waals surface area contributed by atoms with Crippen LogP contribution in [0.25, 0.3) is 0 Å². The smallest absolute Gasteiger partial charge is 0.272 e. The highest BCUT2D eigenvalue weighted by atomic mass is 16.2. The maximum absolute atomic E-state index is 12.4. The third-order valence-electron chi connectivity index (χ3n) is 3.55. The SMILES string of the molecule is CCCNc1cc(C(=O)N2CCN(CC)CC2)ncn1. The van der Waals surface area contributed by atoms with Gasteiger partial charge in [0.1, 0.15) is 17.8 Å². The third-order valence-corrected chi connectivity index (χ3v) is 3.55. The van der Waals surface area contributed by atoms with E-state index in [0.29, 0.717) is 5.69 Å². The summed E-state index contributed by atoms with van der Waals surface area (Å²) in [6.07, 6.45) is 2.47. The van der Waals surface area contributed by atoms with Crippen molar-refractivity contribution < 1.29 is 4.79 Å². The molecule has 1 saturated heterocycles. The van der Waals surface area contributed by atoms with Crippen molar-refractivity contribution >= 4 is 11.7 Å². The molecule has 0 aromatic carbocycles. The van der Waals surface area contributed by atoms with E-state index < -0.39 is 0 Å². The van der Waals surface area contributed by atoms with Crippen LogP contribution in [0.2, 0.25) is 0 Å². The van der Waals surface area contributed by atoms with Crippen molar-refractivity contribution in [1.82, 2.24) is 19.8 Å². The van der Waals surface area contributed by atoms with Crippen molar-refractivity contribution in [3.05, 3.63) is 18.1 Å². The second-order valence-electron chi connectivity index (χ2n) is 4.94. The second kappa shape index (κ2) is 7.19. The number of carbonyl (C=O) groups excluding carboxylic acids is 1. The normalized spacial score (nSPS) is 16.2. The molecule has 6 heteroatoms. The van der Waals surface area contributed by atoms with Gasteiger partial charge in [-0.05, 0) is 13.0 Å². The number of aromatic nitrogens is 2. The molecule has 0 radical (unpaired) electrons. The molecular formula is C14H23N5O. The van der Waals surface area contributed by atoms with Gasteiger partial charge in [-0.2, -0.15) is 0 Å². The summed E-state index contributed by atoms with van der Waals surface area (Å²) >= 11 is 0. The molecular weight excluding hydrogens is 254 g/mol. The summed E-state index contributed by atoms with van der Waals surface area (Å²) in [4.78, 5) is 24.9. The molecule has 6 nitrogen and oxygen atoms in total. The van der Waals surface area contributed by atoms with Gasteiger partial charge >= 0.3 is 0 Å². The molecule has 2 heterocycles. The van der Waals surface area contributed by atoms with E-state index in [1.165, 1.54) is 6.33 Å². The fourth-order valence-electron chi connectivity index (χ4n) is 2.25. The van der Waals surface area contributed by atoms with E-state index in [1.807, 2.05) is 4.90 Å². The monoisotopic (exact) mass is 277 g/mol. The van der Waals surface area contributed by atoms with E-state index in [-0.39, 0.29) is 5.91 Å². The van der Waals surface area contributed by atoms with Crippen LogP contribution in [0.15, 0.2) is 12.4 Å². The number of carbonyl (C=O) groups is 1. The Kier molecular flexibility index (Phi) is 5.29. The number of rotatable bonds is 5. The van der Waals surface area contributed by atoms with Gasteiger partial charge in [0.05, 0.1) is 0 Å². The summed E-state index contributed by atoms with van der Waals surface area (Å²) in [7, 11) is 0. The van der Waals surface area contributed by atoms with Gasteiger partial charge in [-0.1, -0.05) is 13.8 Å². The summed E-state index contributed by atoms with van der Waals surface area (Å²) in [6.45, 7) is 9.55. The Morgan fingerprint density at radius 3 is 2.65 bits per heavy atom. The van der Waals surface area contributed by atoms with Gasteiger partial charge in [-0.15, -0.1) is 0 Å². The number of nitrogens with zero attached hydrogens (tertiary/aromatic N) is 4. The lowest BCUT2D eigenvalue weighted by Crippen LogP contribution is -2.48. The fourth-order valence-corrected chi connectivity index (χ4v) is 2.25. The van der Waals surface area contributed by atoms with E-state index in [1.54, 1.807) is 6.07 Å². The lowest BCUT2D eigenvalue weighted by Gasteiger charge is -2.33. The molecule has 0 atom stereocenters. The van der Waals surface area contributed by atoms with Crippen LogP contribution >= 0.6 is 0 Å². The van der Waals surface area contributed by atoms with E-state index in [2.05, 4.69) is 34.0 Å². The van der Waals surface area contributed by atoms with Crippen LogP contribution in [0.1, 0.15) is 30.8 Å². The van der Waals surface area contributed by atoms with Crippen molar-refractivity contribution in [2.75, 3.05) is 44.6 Å². The molecule has 20 heavy (non-hydrogen) atoms. The Balaban J connectivity index is 1.98. The maximum atomic E-state index is 12.4. The van der Waals surface area contributed by atoms with Gasteiger partial charge < -0.3 is 15.1 Å². The van der Waals surface area contributed by atoms with Crippen LogP contribution in [-0.4, -0.2) is 64.9 Å². The van der Waals surface area contributed by atoms with Crippen molar-refractivity contribution in [1.29, 1.82) is 0 Å². The minimum absolute atomic E-state index is 0.00250. The molecule has 0 unspecified atom stereocenters. The number of hydrogen-bond donors (Lipinski definition) is 1. The highest BCUT2D eigenvalue weighted by molar-refractivity contribution is 5.93. The largest absolute Gasteiger partial charge is 0.370 e. The van der Waals surface area contributed by atoms with Crippen LogP contribution < -0.4 is 5.32 Å². The first-order valence-electron chi connectivity index (χ1n) is 7.32. The van der Waals surface area contributed by atoms with Crippen molar-refractivity contribution in [2.45, 2.75) is 20.3 Å². The van der Waals surface area contributed by atoms with Crippen LogP contribution in [0, 0.1) is 0 Å². The predicted molar refractivity (Wildman–Crippen MR) is 78.8 cm³/mol. The minimum atomic E-state index is 0.00250. The van der Waals surface area contributed by atoms with Gasteiger partial charge in [0, 0.05) is 38.8 Å². The molecule has 1 fully saturated rings. The lowest BCUT2D eigenvalue weighted by molar-refractivity contribution is 0.0637. The van der Waals surface area contributed by atoms with Crippen molar-refractivity contribution in [2.24, 2.45) is 0 Å². The van der Waals surface area contributed by atoms with Crippen LogP contribution in [0.3, 0.4) is 0 Å². The predicted octanol–water partition coefficient (Wildman–Crippen LogP) is 1.08. The van der Waals surface area contributed by atoms with Gasteiger partial charge in [0.2, 0.25) is 0 Å². The van der Waals surface area contributed by atoms with Crippen molar-refractivity contribution in [3.8, 4) is 0 Å². The maximum Gasteiger partial charge on any atom is 0.272 e. The molecule has 0 saturated carbocycles. The number of anilines is 1. The number of piperazine rings is 1. The quantitative estimate of drug-likeness (QED) is 0.872. The Bertz CT molecular complexity index is 443. The summed E-state index contributed by atoms with van der Waals surface area (Å²) in [5.41, 5.74) is 0.476. The standard InChI is InChI=1S/C14H23N5O/c1-3-5-15-13-10-12(16-11-17-13)14(20)19-8-6-18(4-2)7-9-19/h10-11H,3-9H2,1-2H3,(H,15,16,17). The zero-order chi connectivity index (χ0) is 14.4. The van der Waals surface area contributed by atoms with Crippen molar-refractivity contribution in [3.63, 3.8) is 0 Å². The molecule has 110 valence electrons. The molecule has 1 aromatic heterocycles. The first kappa shape index (κ1) is 14.7. The number of nitrogens with one attached hydrogen (secondary N) is 1. The number of amides is 1. The Labute approximate surface area is 120 Å². The molecule has 0 spiro atoms. The molecule has 2 rings (SSSR count). The zero-order valence-corrected chi connectivity index (χ0v) is 12.3. The first-order valence-corrected chi connectivity index (χ1v) is 7.32. The Hall–Kier alpha value is -1.69. The van der Waals surface area contributed by atoms with Gasteiger partial charge in [0.25, 0.3) is 5.91 Å². The highest BCUT2D eigenvalue weighted by Crippen LogP contribution is 2.09. The van der Waals surface area contributed by atoms with E-state index in [4.69, 9.17) is 0 Å². The second-order valence-corrected chi connectivity index (χ2v) is 4.94. The van der Waals surface area contributed by atoms with Crippen LogP contribution in [0.4, 0.5) is 5.82 Å². The Morgan fingerprint density at radius 1 is 1.25 bits per heavy atom. The molecule has 1 aliphatic rings. The van der Waals surface area contributed by atoms with Crippen LogP contribution in [0.5, 0.6) is 0 Å². The molecule has 1 aromatic rings. The number of hydrogen-bond acceptors (Lipinski definition) is 5. The topological polar surface area (TPSA) is 61.4 Å². The summed E-state index contributed by atoms with van der Waals surface area (Å²) in [5, 5.41) is 3.18. The fraction of sp³-hybridized carbons (Fsp3) is 0.643. The van der Waals surface area contributed by atoms with Gasteiger partial charge in [-0.25, -0.2) is 9.97 Å². The highest BCUT2D eigenvalue weighted by Gasteiger charge is 2.22. The van der Waals surface area contributed by atoms with E-state index >= 15 is 0 Å².